The summed E-state index contributed by atoms with van der Waals surface area (Å²) in [7, 11) is -3.93. The molecule has 0 spiro atoms. The highest BCUT2D eigenvalue weighted by Crippen LogP contribution is 2.58. The monoisotopic (exact) mass is 435 g/mol. The van der Waals surface area contributed by atoms with Gasteiger partial charge in [-0.25, -0.2) is 13.1 Å². The van der Waals surface area contributed by atoms with Gasteiger partial charge in [0.1, 0.15) is 10.1 Å². The molecule has 3 N–H and O–H groups in total. The van der Waals surface area contributed by atoms with Crippen LogP contribution in [-0.2, 0) is 26.8 Å². The van der Waals surface area contributed by atoms with Crippen molar-refractivity contribution >= 4 is 32.8 Å². The number of aromatic nitrogens is 2. The summed E-state index contributed by atoms with van der Waals surface area (Å²) >= 11 is 1.11. The number of aliphatic hydroxyl groups is 1. The number of allylic oxidation sites excluding steroid dienone is 1. The predicted octanol–water partition coefficient (Wildman–Crippen LogP) is 1.74. The zero-order valence-electron chi connectivity index (χ0n) is 15.6. The van der Waals surface area contributed by atoms with E-state index in [0.29, 0.717) is 10.6 Å². The second-order valence-electron chi connectivity index (χ2n) is 7.51. The molecule has 2 heterocycles. The van der Waals surface area contributed by atoms with Gasteiger partial charge in [0.15, 0.2) is 0 Å². The number of sulfonamides is 1. The van der Waals surface area contributed by atoms with Crippen LogP contribution in [0, 0.1) is 0 Å². The highest BCUT2D eigenvalue weighted by atomic mass is 32.3. The lowest BCUT2D eigenvalue weighted by molar-refractivity contribution is -0.140. The Morgan fingerprint density at radius 3 is 2.72 bits per heavy atom. The molecule has 1 unspecified atom stereocenters. The van der Waals surface area contributed by atoms with Crippen molar-refractivity contribution in [2.24, 2.45) is 0 Å². The predicted molar refractivity (Wildman–Crippen MR) is 109 cm³/mol. The number of rotatable bonds is 7. The van der Waals surface area contributed by atoms with Gasteiger partial charge < -0.3 is 10.2 Å². The first-order chi connectivity index (χ1) is 13.7. The van der Waals surface area contributed by atoms with E-state index in [1.165, 1.54) is 10.9 Å². The maximum absolute atomic E-state index is 13.1. The number of carboxylic acid groups (broad SMARTS) is 1. The first-order valence-electron chi connectivity index (χ1n) is 9.05. The topological polar surface area (TPSA) is 122 Å². The molecule has 0 radical (unpaired) electrons. The Morgan fingerprint density at radius 2 is 2.10 bits per heavy atom. The van der Waals surface area contributed by atoms with Crippen LogP contribution < -0.4 is 4.72 Å². The molecule has 1 aromatic carbocycles. The molecule has 3 atom stereocenters. The highest BCUT2D eigenvalue weighted by molar-refractivity contribution is 8.18. The third kappa shape index (κ3) is 3.29. The van der Waals surface area contributed by atoms with Crippen LogP contribution in [0.2, 0.25) is 0 Å². The van der Waals surface area contributed by atoms with Crippen LogP contribution in [0.3, 0.4) is 0 Å². The molecular weight excluding hydrogens is 414 g/mol. The fourth-order valence-corrected chi connectivity index (χ4v) is 6.94. The Morgan fingerprint density at radius 1 is 1.38 bits per heavy atom. The maximum Gasteiger partial charge on any atom is 0.325 e. The van der Waals surface area contributed by atoms with E-state index < -0.39 is 31.5 Å². The third-order valence-electron chi connectivity index (χ3n) is 5.66. The smallest absolute Gasteiger partial charge is 0.325 e. The highest BCUT2D eigenvalue weighted by Gasteiger charge is 2.72. The average Bonchev–Trinajstić information content (AvgIpc) is 3.11. The average molecular weight is 436 g/mol. The number of carbonyl (C=O) groups is 1. The van der Waals surface area contributed by atoms with Gasteiger partial charge in [0.25, 0.3) is 0 Å². The van der Waals surface area contributed by atoms with Crippen LogP contribution in [0.15, 0.2) is 48.8 Å². The van der Waals surface area contributed by atoms with Crippen LogP contribution in [0.25, 0.3) is 5.03 Å². The number of carboxylic acids is 1. The minimum absolute atomic E-state index is 0.152. The Balaban J connectivity index is 1.53. The summed E-state index contributed by atoms with van der Waals surface area (Å²) in [6.07, 6.45) is 5.32. The lowest BCUT2D eigenvalue weighted by Crippen LogP contribution is -2.50. The molecule has 10 heteroatoms. The molecule has 0 bridgehead atoms. The van der Waals surface area contributed by atoms with Crippen LogP contribution in [0.1, 0.15) is 30.9 Å². The molecular formula is C19H21N3O5S2. The number of nitrogens with zero attached hydrogens (tertiary/aromatic N) is 2. The van der Waals surface area contributed by atoms with Gasteiger partial charge in [-0.05, 0) is 24.5 Å². The van der Waals surface area contributed by atoms with E-state index in [4.69, 9.17) is 5.11 Å². The van der Waals surface area contributed by atoms with Crippen LogP contribution in [-0.4, -0.2) is 44.5 Å². The molecule has 1 aromatic heterocycles. The lowest BCUT2D eigenvalue weighted by atomic mass is 9.93. The Hall–Kier alpha value is -2.14. The number of aliphatic carboxylic acids is 1. The summed E-state index contributed by atoms with van der Waals surface area (Å²) in [5.41, 5.74) is -0.967. The molecule has 154 valence electrons. The van der Waals surface area contributed by atoms with Crippen molar-refractivity contribution in [3.05, 3.63) is 59.9 Å². The minimum atomic E-state index is -3.93. The first kappa shape index (κ1) is 20.1. The fraction of sp³-hybridized carbons (Fsp3) is 0.368. The number of thioether (sulfide) groups is 1. The molecule has 8 nitrogen and oxygen atoms in total. The maximum atomic E-state index is 13.1. The minimum Gasteiger partial charge on any atom is -0.480 e. The summed E-state index contributed by atoms with van der Waals surface area (Å²) < 4.78 is 29.3. The van der Waals surface area contributed by atoms with Gasteiger partial charge >= 0.3 is 5.97 Å². The van der Waals surface area contributed by atoms with E-state index in [9.17, 15) is 18.3 Å². The van der Waals surface area contributed by atoms with Gasteiger partial charge in [-0.15, -0.1) is 0 Å². The summed E-state index contributed by atoms with van der Waals surface area (Å²) in [4.78, 5) is 12.1. The second kappa shape index (κ2) is 6.98. The largest absolute Gasteiger partial charge is 0.480 e. The van der Waals surface area contributed by atoms with Crippen molar-refractivity contribution in [3.8, 4) is 0 Å². The molecule has 1 aliphatic heterocycles. The number of hydrogen-bond donors (Lipinski definition) is 3. The zero-order chi connectivity index (χ0) is 20.9. The standard InChI is InChI=1S/C19H21N3O5S2/c1-18(14-5-3-2-4-6-14)12-19(18,17(24)25)21-29(26,27)16-8-7-15(28-16)22-10-13(11-23)9-20-22/h2-7,9-10,16,21,23H,8,11-12H2,1H3,(H,24,25)/t16?,18-,19-/m1/s1. The number of nitrogens with one attached hydrogen (secondary N) is 1. The molecule has 1 aliphatic carbocycles. The zero-order valence-corrected chi connectivity index (χ0v) is 17.3. The Kier molecular flexibility index (Phi) is 4.85. The molecule has 2 aromatic rings. The van der Waals surface area contributed by atoms with Crippen LogP contribution in [0.5, 0.6) is 0 Å². The summed E-state index contributed by atoms with van der Waals surface area (Å²) in [5.74, 6) is -1.18. The summed E-state index contributed by atoms with van der Waals surface area (Å²) in [6, 6.07) is 9.10. The SMILES string of the molecule is C[C@]1(c2ccccc2)C[C@@]1(NS(=O)(=O)C1CC=C(n2cc(CO)cn2)S1)C(=O)O. The third-order valence-corrected chi connectivity index (χ3v) is 9.27. The molecule has 0 saturated heterocycles. The van der Waals surface area contributed by atoms with Crippen molar-refractivity contribution in [3.63, 3.8) is 0 Å². The first-order valence-corrected chi connectivity index (χ1v) is 11.5. The van der Waals surface area contributed by atoms with Gasteiger partial charge in [0, 0.05) is 17.2 Å². The summed E-state index contributed by atoms with van der Waals surface area (Å²) in [5, 5.41) is 23.8. The van der Waals surface area contributed by atoms with E-state index >= 15 is 0 Å². The van der Waals surface area contributed by atoms with Crippen LogP contribution >= 0.6 is 11.8 Å². The van der Waals surface area contributed by atoms with Gasteiger partial charge in [-0.1, -0.05) is 49.0 Å². The van der Waals surface area contributed by atoms with Crippen molar-refractivity contribution in [2.45, 2.75) is 41.9 Å². The molecule has 1 saturated carbocycles. The van der Waals surface area contributed by atoms with Crippen molar-refractivity contribution < 1.29 is 23.4 Å². The van der Waals surface area contributed by atoms with E-state index in [2.05, 4.69) is 9.82 Å². The second-order valence-corrected chi connectivity index (χ2v) is 10.9. The van der Waals surface area contributed by atoms with Crippen molar-refractivity contribution in [2.75, 3.05) is 0 Å². The van der Waals surface area contributed by atoms with Crippen LogP contribution in [0.4, 0.5) is 0 Å². The molecule has 4 rings (SSSR count). The quantitative estimate of drug-likeness (QED) is 0.606. The molecule has 29 heavy (non-hydrogen) atoms. The summed E-state index contributed by atoms with van der Waals surface area (Å²) in [6.45, 7) is 1.62. The van der Waals surface area contributed by atoms with E-state index in [0.717, 1.165) is 17.3 Å². The van der Waals surface area contributed by atoms with E-state index in [1.807, 2.05) is 30.3 Å². The lowest BCUT2D eigenvalue weighted by Gasteiger charge is -2.23. The Bertz CT molecular complexity index is 1080. The molecule has 1 fully saturated rings. The van der Waals surface area contributed by atoms with Gasteiger partial charge in [-0.2, -0.15) is 9.82 Å². The Labute approximate surface area is 172 Å². The van der Waals surface area contributed by atoms with Crippen molar-refractivity contribution in [1.29, 1.82) is 0 Å². The van der Waals surface area contributed by atoms with Gasteiger partial charge in [-0.3, -0.25) is 4.79 Å². The fourth-order valence-electron chi connectivity index (χ4n) is 3.78. The molecule has 0 amide bonds. The van der Waals surface area contributed by atoms with Crippen molar-refractivity contribution in [1.82, 2.24) is 14.5 Å². The normalized spacial score (nSPS) is 28.9. The number of aliphatic hydroxyl groups excluding tert-OH is 1. The van der Waals surface area contributed by atoms with Gasteiger partial charge in [0.05, 0.1) is 17.8 Å². The number of hydrogen-bond acceptors (Lipinski definition) is 6. The molecule has 2 aliphatic rings. The van der Waals surface area contributed by atoms with E-state index in [1.54, 1.807) is 19.2 Å². The number of benzene rings is 1. The van der Waals surface area contributed by atoms with Gasteiger partial charge in [0.2, 0.25) is 10.0 Å². The van der Waals surface area contributed by atoms with E-state index in [-0.39, 0.29) is 19.4 Å².